The molecule has 0 aromatic rings. The monoisotopic (exact) mass is 338 g/mol. The van der Waals surface area contributed by atoms with Crippen LogP contribution < -0.4 is 0 Å². The van der Waals surface area contributed by atoms with Crippen LogP contribution in [0.5, 0.6) is 0 Å². The lowest BCUT2D eigenvalue weighted by Gasteiger charge is -2.62. The van der Waals surface area contributed by atoms with Crippen molar-refractivity contribution >= 4 is 0 Å². The third-order valence-corrected chi connectivity index (χ3v) is 7.95. The molecule has 4 N–H and O–H groups in total. The molecule has 0 bridgehead atoms. The number of aliphatic hydroxyl groups excluding tert-OH is 4. The van der Waals surface area contributed by atoms with Gasteiger partial charge in [0.05, 0.1) is 24.9 Å². The average molecular weight is 338 g/mol. The summed E-state index contributed by atoms with van der Waals surface area (Å²) in [4.78, 5) is 0. The van der Waals surface area contributed by atoms with Crippen molar-refractivity contribution in [3.8, 4) is 0 Å². The Morgan fingerprint density at radius 3 is 2.42 bits per heavy atom. The van der Waals surface area contributed by atoms with Crippen LogP contribution in [0, 0.1) is 28.1 Å². The highest BCUT2D eigenvalue weighted by Gasteiger charge is 2.59. The van der Waals surface area contributed by atoms with Gasteiger partial charge in [-0.15, -0.1) is 0 Å². The van der Waals surface area contributed by atoms with E-state index in [4.69, 9.17) is 0 Å². The largest absolute Gasteiger partial charge is 0.394 e. The second kappa shape index (κ2) is 5.80. The van der Waals surface area contributed by atoms with E-state index in [1.807, 2.05) is 6.92 Å². The Balaban J connectivity index is 2.00. The molecular formula is C20H34O4. The molecule has 3 rings (SSSR count). The highest BCUT2D eigenvalue weighted by atomic mass is 16.3. The van der Waals surface area contributed by atoms with Crippen molar-refractivity contribution in [3.05, 3.63) is 11.6 Å². The Bertz CT molecular complexity index is 528. The molecule has 3 aliphatic carbocycles. The van der Waals surface area contributed by atoms with Crippen LogP contribution in [0.3, 0.4) is 0 Å². The molecule has 4 heteroatoms. The quantitative estimate of drug-likeness (QED) is 0.582. The Kier molecular flexibility index (Phi) is 4.44. The number of hydrogen-bond acceptors (Lipinski definition) is 4. The fourth-order valence-electron chi connectivity index (χ4n) is 6.11. The Morgan fingerprint density at radius 1 is 1.12 bits per heavy atom. The number of aliphatic hydroxyl groups is 4. The van der Waals surface area contributed by atoms with Crippen LogP contribution in [-0.4, -0.2) is 45.3 Å². The molecule has 0 aromatic carbocycles. The lowest BCUT2D eigenvalue weighted by Crippen LogP contribution is -2.58. The third-order valence-electron chi connectivity index (χ3n) is 7.95. The van der Waals surface area contributed by atoms with Crippen molar-refractivity contribution < 1.29 is 20.4 Å². The van der Waals surface area contributed by atoms with Gasteiger partial charge >= 0.3 is 0 Å². The molecule has 0 spiro atoms. The molecule has 2 saturated carbocycles. The molecule has 3 aliphatic rings. The molecule has 2 fully saturated rings. The smallest absolute Gasteiger partial charge is 0.0858 e. The molecule has 0 saturated heterocycles. The lowest BCUT2D eigenvalue weighted by molar-refractivity contribution is -0.145. The second-order valence-electron chi connectivity index (χ2n) is 9.63. The lowest BCUT2D eigenvalue weighted by atomic mass is 9.44. The zero-order valence-electron chi connectivity index (χ0n) is 15.5. The number of hydrogen-bond donors (Lipinski definition) is 4. The predicted octanol–water partition coefficient (Wildman–Crippen LogP) is 2.25. The summed E-state index contributed by atoms with van der Waals surface area (Å²) >= 11 is 0. The molecule has 0 radical (unpaired) electrons. The first-order valence-electron chi connectivity index (χ1n) is 9.44. The molecular weight excluding hydrogens is 304 g/mol. The van der Waals surface area contributed by atoms with Crippen LogP contribution in [-0.2, 0) is 0 Å². The summed E-state index contributed by atoms with van der Waals surface area (Å²) in [7, 11) is 0. The van der Waals surface area contributed by atoms with Crippen molar-refractivity contribution in [2.75, 3.05) is 6.61 Å². The van der Waals surface area contributed by atoms with Gasteiger partial charge in [0.1, 0.15) is 0 Å². The van der Waals surface area contributed by atoms with Crippen molar-refractivity contribution in [1.29, 1.82) is 0 Å². The van der Waals surface area contributed by atoms with Gasteiger partial charge in [0.25, 0.3) is 0 Å². The van der Waals surface area contributed by atoms with Gasteiger partial charge < -0.3 is 20.4 Å². The summed E-state index contributed by atoms with van der Waals surface area (Å²) in [5, 5.41) is 41.0. The van der Waals surface area contributed by atoms with E-state index in [-0.39, 0.29) is 29.5 Å². The molecule has 0 heterocycles. The van der Waals surface area contributed by atoms with E-state index in [0.29, 0.717) is 12.3 Å². The van der Waals surface area contributed by atoms with Gasteiger partial charge in [-0.05, 0) is 60.3 Å². The van der Waals surface area contributed by atoms with Crippen LogP contribution in [0.1, 0.15) is 59.8 Å². The first kappa shape index (κ1) is 18.4. The van der Waals surface area contributed by atoms with Gasteiger partial charge in [-0.25, -0.2) is 0 Å². The van der Waals surface area contributed by atoms with E-state index in [9.17, 15) is 20.4 Å². The van der Waals surface area contributed by atoms with Gasteiger partial charge in [0, 0.05) is 5.41 Å². The summed E-state index contributed by atoms with van der Waals surface area (Å²) in [6.45, 7) is 8.35. The summed E-state index contributed by atoms with van der Waals surface area (Å²) in [6, 6.07) is 0. The zero-order chi connectivity index (χ0) is 17.9. The summed E-state index contributed by atoms with van der Waals surface area (Å²) in [6.07, 6.45) is 4.68. The summed E-state index contributed by atoms with van der Waals surface area (Å²) in [5.74, 6) is 0.593. The average Bonchev–Trinajstić information content (AvgIpc) is 2.53. The van der Waals surface area contributed by atoms with Crippen molar-refractivity contribution in [2.45, 2.75) is 78.1 Å². The maximum Gasteiger partial charge on any atom is 0.0858 e. The molecule has 24 heavy (non-hydrogen) atoms. The Morgan fingerprint density at radius 2 is 1.79 bits per heavy atom. The van der Waals surface area contributed by atoms with Crippen LogP contribution in [0.2, 0.25) is 0 Å². The minimum Gasteiger partial charge on any atom is -0.394 e. The number of fused-ring (bicyclic) bond motifs is 3. The van der Waals surface area contributed by atoms with Crippen LogP contribution in [0.15, 0.2) is 11.6 Å². The number of rotatable bonds is 2. The molecule has 1 unspecified atom stereocenters. The van der Waals surface area contributed by atoms with Crippen LogP contribution in [0.4, 0.5) is 0 Å². The SMILES string of the molecule is CC1(C)[C@H](O)CC[C@@]2(C)[C@@H]3CC[C@](C)(C(O)CO)C=C3[C@@H](O)C[C@H]12. The third kappa shape index (κ3) is 2.49. The highest BCUT2D eigenvalue weighted by Crippen LogP contribution is 2.63. The van der Waals surface area contributed by atoms with Gasteiger partial charge in [-0.2, -0.15) is 0 Å². The first-order chi connectivity index (χ1) is 11.1. The van der Waals surface area contributed by atoms with Crippen LogP contribution in [0.25, 0.3) is 0 Å². The molecule has 138 valence electrons. The first-order valence-corrected chi connectivity index (χ1v) is 9.44. The van der Waals surface area contributed by atoms with Crippen molar-refractivity contribution in [3.63, 3.8) is 0 Å². The van der Waals surface area contributed by atoms with Crippen molar-refractivity contribution in [2.24, 2.45) is 28.1 Å². The summed E-state index contributed by atoms with van der Waals surface area (Å²) < 4.78 is 0. The molecule has 0 amide bonds. The highest BCUT2D eigenvalue weighted by molar-refractivity contribution is 5.28. The van der Waals surface area contributed by atoms with E-state index in [1.54, 1.807) is 0 Å². The van der Waals surface area contributed by atoms with E-state index in [1.165, 1.54) is 0 Å². The molecule has 0 aliphatic heterocycles. The maximum absolute atomic E-state index is 10.9. The topological polar surface area (TPSA) is 80.9 Å². The zero-order valence-corrected chi connectivity index (χ0v) is 15.5. The fourth-order valence-corrected chi connectivity index (χ4v) is 6.11. The predicted molar refractivity (Wildman–Crippen MR) is 93.2 cm³/mol. The van der Waals surface area contributed by atoms with Crippen LogP contribution >= 0.6 is 0 Å². The van der Waals surface area contributed by atoms with E-state index in [2.05, 4.69) is 26.8 Å². The Hall–Kier alpha value is -0.420. The maximum atomic E-state index is 10.9. The van der Waals surface area contributed by atoms with Gasteiger partial charge in [-0.1, -0.05) is 33.8 Å². The van der Waals surface area contributed by atoms with Gasteiger partial charge in [0.2, 0.25) is 0 Å². The molecule has 7 atom stereocenters. The second-order valence-corrected chi connectivity index (χ2v) is 9.63. The standard InChI is InChI=1S/C20H34O4/c1-18(2)15-9-14(22)12-10-19(3,17(24)11-21)7-5-13(12)20(15,4)8-6-16(18)23/h10,13-17,21-24H,5-9,11H2,1-4H3/t13-,14+,15-,16-,17?,19+,20+/m1/s1. The normalized spacial score (nSPS) is 48.9. The van der Waals surface area contributed by atoms with E-state index < -0.39 is 17.6 Å². The molecule has 4 nitrogen and oxygen atoms in total. The molecule has 0 aromatic heterocycles. The van der Waals surface area contributed by atoms with Crippen molar-refractivity contribution in [1.82, 2.24) is 0 Å². The fraction of sp³-hybridized carbons (Fsp3) is 0.900. The van der Waals surface area contributed by atoms with E-state index in [0.717, 1.165) is 31.3 Å². The van der Waals surface area contributed by atoms with Gasteiger partial charge in [-0.3, -0.25) is 0 Å². The minimum atomic E-state index is -0.784. The van der Waals surface area contributed by atoms with Gasteiger partial charge in [0.15, 0.2) is 0 Å². The minimum absolute atomic E-state index is 0.0826. The van der Waals surface area contributed by atoms with E-state index >= 15 is 0 Å². The summed E-state index contributed by atoms with van der Waals surface area (Å²) in [5.41, 5.74) is 0.487. The Labute approximate surface area is 145 Å².